The Morgan fingerprint density at radius 1 is 1.29 bits per heavy atom. The van der Waals surface area contributed by atoms with Crippen LogP contribution in [0.1, 0.15) is 12.1 Å². The van der Waals surface area contributed by atoms with Crippen molar-refractivity contribution in [3.8, 4) is 0 Å². The van der Waals surface area contributed by atoms with E-state index in [1.807, 2.05) is 9.47 Å². The number of halogens is 3. The minimum absolute atomic E-state index is 0.351. The van der Waals surface area contributed by atoms with Crippen molar-refractivity contribution in [2.24, 2.45) is 5.73 Å². The highest BCUT2D eigenvalue weighted by atomic mass is 35.5. The summed E-state index contributed by atoms with van der Waals surface area (Å²) < 4.78 is 15.8. The summed E-state index contributed by atoms with van der Waals surface area (Å²) in [7, 11) is 0. The zero-order chi connectivity index (χ0) is 19.8. The monoisotopic (exact) mass is 418 g/mol. The fourth-order valence-electron chi connectivity index (χ4n) is 3.38. The van der Waals surface area contributed by atoms with Crippen molar-refractivity contribution in [2.75, 3.05) is 18.0 Å². The number of fused-ring (bicyclic) bond motifs is 1. The van der Waals surface area contributed by atoms with Gasteiger partial charge in [0.05, 0.1) is 45.9 Å². The molecule has 3 aromatic rings. The smallest absolute Gasteiger partial charge is 0.206 e. The second kappa shape index (κ2) is 7.55. The van der Waals surface area contributed by atoms with Gasteiger partial charge in [0.2, 0.25) is 11.6 Å². The summed E-state index contributed by atoms with van der Waals surface area (Å²) in [4.78, 5) is 14.4. The van der Waals surface area contributed by atoms with Crippen LogP contribution in [0.25, 0.3) is 15.9 Å². The summed E-state index contributed by atoms with van der Waals surface area (Å²) in [6.45, 7) is 8.37. The van der Waals surface area contributed by atoms with E-state index in [1.165, 1.54) is 6.20 Å². The number of aromatic nitrogens is 3. The largest absolute Gasteiger partial charge is 0.340 e. The number of imidazole rings is 1. The van der Waals surface area contributed by atoms with Gasteiger partial charge in [-0.1, -0.05) is 29.3 Å². The Kier molecular flexibility index (Phi) is 5.11. The average molecular weight is 419 g/mol. The van der Waals surface area contributed by atoms with E-state index in [-0.39, 0.29) is 0 Å². The quantitative estimate of drug-likeness (QED) is 0.646. The van der Waals surface area contributed by atoms with Crippen LogP contribution in [0.5, 0.6) is 0 Å². The minimum atomic E-state index is -1.01. The van der Waals surface area contributed by atoms with Crippen LogP contribution in [0.2, 0.25) is 10.0 Å². The molecule has 1 saturated heterocycles. The predicted octanol–water partition coefficient (Wildman–Crippen LogP) is 4.21. The van der Waals surface area contributed by atoms with Crippen molar-refractivity contribution >= 4 is 45.9 Å². The lowest BCUT2D eigenvalue weighted by atomic mass is 10.1. The van der Waals surface area contributed by atoms with Crippen molar-refractivity contribution in [1.29, 1.82) is 0 Å². The fraction of sp³-hybridized carbons (Fsp3) is 0.316. The molecule has 2 aromatic heterocycles. The van der Waals surface area contributed by atoms with Gasteiger partial charge in [0.1, 0.15) is 6.17 Å². The first-order chi connectivity index (χ1) is 13.5. The molecular formula is C19H17Cl2FN6. The number of pyridine rings is 1. The molecule has 0 amide bonds. The van der Waals surface area contributed by atoms with Gasteiger partial charge < -0.3 is 15.2 Å². The Morgan fingerprint density at radius 2 is 2.07 bits per heavy atom. The molecule has 1 aliphatic rings. The maximum atomic E-state index is 13.8. The molecular weight excluding hydrogens is 402 g/mol. The Morgan fingerprint density at radius 3 is 2.75 bits per heavy atom. The summed E-state index contributed by atoms with van der Waals surface area (Å²) in [6, 6.07) is 6.45. The molecule has 0 spiro atoms. The third kappa shape index (κ3) is 3.51. The average Bonchev–Trinajstić information content (AvgIpc) is 3.02. The zero-order valence-corrected chi connectivity index (χ0v) is 16.3. The molecule has 0 radical (unpaired) electrons. The molecule has 0 saturated carbocycles. The van der Waals surface area contributed by atoms with Crippen LogP contribution in [-0.2, 0) is 6.54 Å². The minimum Gasteiger partial charge on any atom is -0.340 e. The van der Waals surface area contributed by atoms with Gasteiger partial charge in [-0.15, -0.1) is 0 Å². The second-order valence-electron chi connectivity index (χ2n) is 6.79. The Labute approximate surface area is 171 Å². The standard InChI is InChI=1S/C19H17Cl2FN6/c1-24-11-2-3-12(25-8-11)9-28-18-7-14(21)13(20)6-17(18)26-19(28)27-5-4-15(22)16(23)10-27/h2-3,6-8,15-16H,4-5,9-10,23H2/t15-,16+/m0/s1. The van der Waals surface area contributed by atoms with Gasteiger partial charge in [-0.3, -0.25) is 4.98 Å². The van der Waals surface area contributed by atoms with E-state index in [0.29, 0.717) is 53.3 Å². The first kappa shape index (κ1) is 18.9. The third-order valence-electron chi connectivity index (χ3n) is 4.88. The number of piperidine rings is 1. The van der Waals surface area contributed by atoms with Crippen LogP contribution >= 0.6 is 23.2 Å². The fourth-order valence-corrected chi connectivity index (χ4v) is 3.69. The summed E-state index contributed by atoms with van der Waals surface area (Å²) in [5, 5.41) is 0.849. The molecule has 0 aliphatic carbocycles. The van der Waals surface area contributed by atoms with E-state index in [2.05, 4.69) is 9.83 Å². The van der Waals surface area contributed by atoms with Gasteiger partial charge in [0.15, 0.2) is 0 Å². The van der Waals surface area contributed by atoms with Gasteiger partial charge in [-0.25, -0.2) is 14.2 Å². The number of benzene rings is 1. The summed E-state index contributed by atoms with van der Waals surface area (Å²) in [5.41, 5.74) is 8.69. The summed E-state index contributed by atoms with van der Waals surface area (Å²) in [6.07, 6.45) is 0.875. The molecule has 9 heteroatoms. The lowest BCUT2D eigenvalue weighted by Crippen LogP contribution is -2.50. The van der Waals surface area contributed by atoms with Crippen molar-refractivity contribution in [2.45, 2.75) is 25.2 Å². The highest BCUT2D eigenvalue weighted by Crippen LogP contribution is 2.32. The van der Waals surface area contributed by atoms with Crippen LogP contribution in [0.15, 0.2) is 30.5 Å². The van der Waals surface area contributed by atoms with Crippen LogP contribution in [0.4, 0.5) is 16.0 Å². The molecule has 144 valence electrons. The second-order valence-corrected chi connectivity index (χ2v) is 7.60. The molecule has 0 unspecified atom stereocenters. The van der Waals surface area contributed by atoms with Gasteiger partial charge in [0, 0.05) is 19.3 Å². The number of hydrogen-bond acceptors (Lipinski definition) is 4. The van der Waals surface area contributed by atoms with Crippen molar-refractivity contribution in [3.05, 3.63) is 57.6 Å². The summed E-state index contributed by atoms with van der Waals surface area (Å²) >= 11 is 12.4. The number of rotatable bonds is 3. The maximum absolute atomic E-state index is 13.8. The number of hydrogen-bond donors (Lipinski definition) is 1. The Bertz CT molecular complexity index is 1060. The molecule has 1 aromatic carbocycles. The van der Waals surface area contributed by atoms with Crippen molar-refractivity contribution in [3.63, 3.8) is 0 Å². The van der Waals surface area contributed by atoms with Crippen LogP contribution in [0.3, 0.4) is 0 Å². The van der Waals surface area contributed by atoms with E-state index in [0.717, 1.165) is 11.2 Å². The van der Waals surface area contributed by atoms with E-state index in [4.69, 9.17) is 40.5 Å². The van der Waals surface area contributed by atoms with Gasteiger partial charge in [0.25, 0.3) is 0 Å². The zero-order valence-electron chi connectivity index (χ0n) is 14.8. The predicted molar refractivity (Wildman–Crippen MR) is 109 cm³/mol. The number of alkyl halides is 1. The number of nitrogens with zero attached hydrogens (tertiary/aromatic N) is 5. The molecule has 2 N–H and O–H groups in total. The van der Waals surface area contributed by atoms with Crippen LogP contribution in [0, 0.1) is 6.57 Å². The molecule has 1 fully saturated rings. The van der Waals surface area contributed by atoms with E-state index in [1.54, 1.807) is 24.3 Å². The SMILES string of the molecule is [C-]#[N+]c1ccc(Cn2c(N3CC[C@H](F)[C@H](N)C3)nc3cc(Cl)c(Cl)cc32)nc1. The van der Waals surface area contributed by atoms with E-state index >= 15 is 0 Å². The highest BCUT2D eigenvalue weighted by Gasteiger charge is 2.29. The van der Waals surface area contributed by atoms with E-state index in [9.17, 15) is 4.39 Å². The van der Waals surface area contributed by atoms with Crippen LogP contribution < -0.4 is 10.6 Å². The normalized spacial score (nSPS) is 19.8. The van der Waals surface area contributed by atoms with Crippen molar-refractivity contribution < 1.29 is 4.39 Å². The highest BCUT2D eigenvalue weighted by molar-refractivity contribution is 6.42. The molecule has 3 heterocycles. The number of anilines is 1. The van der Waals surface area contributed by atoms with Crippen molar-refractivity contribution in [1.82, 2.24) is 14.5 Å². The van der Waals surface area contributed by atoms with Gasteiger partial charge in [-0.05, 0) is 24.6 Å². The molecule has 4 rings (SSSR count). The third-order valence-corrected chi connectivity index (χ3v) is 5.60. The molecule has 6 nitrogen and oxygen atoms in total. The molecule has 1 aliphatic heterocycles. The van der Waals surface area contributed by atoms with Gasteiger partial charge >= 0.3 is 0 Å². The lowest BCUT2D eigenvalue weighted by Gasteiger charge is -2.34. The van der Waals surface area contributed by atoms with Crippen LogP contribution in [-0.4, -0.2) is 39.8 Å². The topological polar surface area (TPSA) is 64.3 Å². The Hall–Kier alpha value is -2.40. The first-order valence-corrected chi connectivity index (χ1v) is 9.54. The number of nitrogens with two attached hydrogens (primary N) is 1. The van der Waals surface area contributed by atoms with E-state index < -0.39 is 12.2 Å². The van der Waals surface area contributed by atoms with Gasteiger partial charge in [-0.2, -0.15) is 0 Å². The summed E-state index contributed by atoms with van der Waals surface area (Å²) in [5.74, 6) is 0.673. The maximum Gasteiger partial charge on any atom is 0.206 e. The molecule has 0 bridgehead atoms. The lowest BCUT2D eigenvalue weighted by molar-refractivity contribution is 0.243. The first-order valence-electron chi connectivity index (χ1n) is 8.78. The Balaban J connectivity index is 1.79. The molecule has 2 atom stereocenters. The molecule has 28 heavy (non-hydrogen) atoms.